The van der Waals surface area contributed by atoms with E-state index in [0.29, 0.717) is 23.5 Å². The van der Waals surface area contributed by atoms with Crippen molar-refractivity contribution in [2.24, 2.45) is 11.8 Å². The van der Waals surface area contributed by atoms with Gasteiger partial charge in [0.05, 0.1) is 45.6 Å². The quantitative estimate of drug-likeness (QED) is 0.432. The third kappa shape index (κ3) is 3.41. The Morgan fingerprint density at radius 1 is 1.15 bits per heavy atom. The molecule has 0 bridgehead atoms. The average molecular weight is 373 g/mol. The van der Waals surface area contributed by atoms with E-state index in [0.717, 1.165) is 6.42 Å². The summed E-state index contributed by atoms with van der Waals surface area (Å²) in [6, 6.07) is 4.35. The number of ether oxygens (including phenoxy) is 3. The monoisotopic (exact) mass is 373 g/mol. The fourth-order valence-electron chi connectivity index (χ4n) is 3.78. The minimum atomic E-state index is -0.753. The Hall–Kier alpha value is -2.83. The van der Waals surface area contributed by atoms with E-state index in [-0.39, 0.29) is 24.2 Å². The summed E-state index contributed by atoms with van der Waals surface area (Å²) < 4.78 is 15.4. The van der Waals surface area contributed by atoms with Gasteiger partial charge in [-0.3, -0.25) is 19.3 Å². The Morgan fingerprint density at radius 2 is 1.89 bits per heavy atom. The number of imide groups is 1. The van der Waals surface area contributed by atoms with Gasteiger partial charge < -0.3 is 14.2 Å². The van der Waals surface area contributed by atoms with Crippen molar-refractivity contribution >= 4 is 17.8 Å². The summed E-state index contributed by atoms with van der Waals surface area (Å²) in [5.74, 6) is -0.840. The summed E-state index contributed by atoms with van der Waals surface area (Å²) in [4.78, 5) is 39.2. The topological polar surface area (TPSA) is 82.1 Å². The molecule has 144 valence electrons. The molecule has 2 aliphatic rings. The molecule has 0 spiro atoms. The first kappa shape index (κ1) is 18.9. The number of methoxy groups -OCH3 is 3. The van der Waals surface area contributed by atoms with Gasteiger partial charge in [0.25, 0.3) is 0 Å². The summed E-state index contributed by atoms with van der Waals surface area (Å²) in [6.07, 6.45) is 5.03. The standard InChI is InChI=1S/C20H23NO6/c1-25-16-9-8-12(10-17(16)26-2)15(11-18(22)27-3)21-19(23)13-6-4-5-7-14(13)20(21)24/h4,6,8-10,13-15H,5,7,11H2,1-3H3/t13-,14+,15?/m0/s1. The Morgan fingerprint density at radius 3 is 2.52 bits per heavy atom. The second-order valence-electron chi connectivity index (χ2n) is 6.59. The van der Waals surface area contributed by atoms with E-state index in [2.05, 4.69) is 0 Å². The molecule has 1 saturated heterocycles. The van der Waals surface area contributed by atoms with Gasteiger partial charge in [-0.1, -0.05) is 18.2 Å². The molecule has 0 saturated carbocycles. The van der Waals surface area contributed by atoms with Crippen LogP contribution in [0.15, 0.2) is 30.4 Å². The van der Waals surface area contributed by atoms with Crippen molar-refractivity contribution in [2.45, 2.75) is 25.3 Å². The Kier molecular flexibility index (Phi) is 5.48. The van der Waals surface area contributed by atoms with Gasteiger partial charge in [-0.25, -0.2) is 0 Å². The van der Waals surface area contributed by atoms with Crippen molar-refractivity contribution in [3.8, 4) is 11.5 Å². The molecule has 7 heteroatoms. The zero-order chi connectivity index (χ0) is 19.6. The van der Waals surface area contributed by atoms with Crippen molar-refractivity contribution < 1.29 is 28.6 Å². The number of carbonyl (C=O) groups is 3. The summed E-state index contributed by atoms with van der Waals surface area (Å²) in [6.45, 7) is 0. The van der Waals surface area contributed by atoms with Gasteiger partial charge >= 0.3 is 5.97 Å². The molecular weight excluding hydrogens is 350 g/mol. The van der Waals surface area contributed by atoms with Gasteiger partial charge in [0, 0.05) is 0 Å². The number of allylic oxidation sites excluding steroid dienone is 1. The first-order valence-corrected chi connectivity index (χ1v) is 8.84. The van der Waals surface area contributed by atoms with Crippen LogP contribution in [0.25, 0.3) is 0 Å². The zero-order valence-corrected chi connectivity index (χ0v) is 15.6. The number of esters is 1. The minimum Gasteiger partial charge on any atom is -0.493 e. The van der Waals surface area contributed by atoms with Crippen LogP contribution in [0.1, 0.15) is 30.9 Å². The summed E-state index contributed by atoms with van der Waals surface area (Å²) in [5.41, 5.74) is 0.613. The van der Waals surface area contributed by atoms with E-state index in [9.17, 15) is 14.4 Å². The highest BCUT2D eigenvalue weighted by Gasteiger charge is 2.50. The number of likely N-dealkylation sites (tertiary alicyclic amines) is 1. The predicted octanol–water partition coefficient (Wildman–Crippen LogP) is 2.26. The molecule has 1 aliphatic carbocycles. The highest BCUT2D eigenvalue weighted by Crippen LogP contribution is 2.41. The normalized spacial score (nSPS) is 22.4. The fraction of sp³-hybridized carbons (Fsp3) is 0.450. The van der Waals surface area contributed by atoms with E-state index >= 15 is 0 Å². The van der Waals surface area contributed by atoms with Crippen LogP contribution in [-0.2, 0) is 19.1 Å². The lowest BCUT2D eigenvalue weighted by Crippen LogP contribution is -2.36. The number of fused-ring (bicyclic) bond motifs is 1. The number of hydrogen-bond donors (Lipinski definition) is 0. The van der Waals surface area contributed by atoms with Crippen molar-refractivity contribution in [3.05, 3.63) is 35.9 Å². The highest BCUT2D eigenvalue weighted by molar-refractivity contribution is 6.06. The number of nitrogens with zero attached hydrogens (tertiary/aromatic N) is 1. The van der Waals surface area contributed by atoms with Crippen LogP contribution in [0.5, 0.6) is 11.5 Å². The van der Waals surface area contributed by atoms with Crippen molar-refractivity contribution in [3.63, 3.8) is 0 Å². The lowest BCUT2D eigenvalue weighted by Gasteiger charge is -2.27. The molecular formula is C20H23NO6. The van der Waals surface area contributed by atoms with Crippen LogP contribution in [0, 0.1) is 11.8 Å². The van der Waals surface area contributed by atoms with Crippen LogP contribution in [0.3, 0.4) is 0 Å². The molecule has 1 unspecified atom stereocenters. The van der Waals surface area contributed by atoms with Crippen LogP contribution in [-0.4, -0.2) is 44.0 Å². The Balaban J connectivity index is 2.02. The summed E-state index contributed by atoms with van der Waals surface area (Å²) >= 11 is 0. The molecule has 27 heavy (non-hydrogen) atoms. The molecule has 2 amide bonds. The molecule has 0 radical (unpaired) electrons. The molecule has 1 fully saturated rings. The van der Waals surface area contributed by atoms with E-state index in [1.54, 1.807) is 24.3 Å². The van der Waals surface area contributed by atoms with Crippen molar-refractivity contribution in [1.29, 1.82) is 0 Å². The number of carbonyl (C=O) groups excluding carboxylic acids is 3. The molecule has 7 nitrogen and oxygen atoms in total. The summed E-state index contributed by atoms with van der Waals surface area (Å²) in [7, 11) is 4.31. The third-order valence-electron chi connectivity index (χ3n) is 5.19. The van der Waals surface area contributed by atoms with Gasteiger partial charge in [-0.2, -0.15) is 0 Å². The second-order valence-corrected chi connectivity index (χ2v) is 6.59. The average Bonchev–Trinajstić information content (AvgIpc) is 2.96. The van der Waals surface area contributed by atoms with E-state index in [1.807, 2.05) is 6.08 Å². The van der Waals surface area contributed by atoms with Crippen LogP contribution < -0.4 is 9.47 Å². The predicted molar refractivity (Wildman–Crippen MR) is 96.1 cm³/mol. The van der Waals surface area contributed by atoms with Crippen molar-refractivity contribution in [2.75, 3.05) is 21.3 Å². The van der Waals surface area contributed by atoms with Gasteiger partial charge in [0.15, 0.2) is 11.5 Å². The lowest BCUT2D eigenvalue weighted by molar-refractivity contribution is -0.147. The first-order chi connectivity index (χ1) is 13.0. The molecule has 1 aromatic rings. The van der Waals surface area contributed by atoms with Crippen molar-refractivity contribution in [1.82, 2.24) is 4.90 Å². The smallest absolute Gasteiger partial charge is 0.307 e. The number of amides is 2. The Bertz CT molecular complexity index is 787. The molecule has 1 aliphatic heterocycles. The number of rotatable bonds is 6. The number of benzene rings is 1. The maximum absolute atomic E-state index is 13.0. The highest BCUT2D eigenvalue weighted by atomic mass is 16.5. The molecule has 1 aromatic carbocycles. The minimum absolute atomic E-state index is 0.118. The molecule has 0 aromatic heterocycles. The van der Waals surface area contributed by atoms with Crippen LogP contribution in [0.2, 0.25) is 0 Å². The Labute approximate surface area is 157 Å². The molecule has 3 atom stereocenters. The molecule has 1 heterocycles. The zero-order valence-electron chi connectivity index (χ0n) is 15.6. The summed E-state index contributed by atoms with van der Waals surface area (Å²) in [5, 5.41) is 0. The van der Waals surface area contributed by atoms with Gasteiger partial charge in [-0.05, 0) is 30.5 Å². The first-order valence-electron chi connectivity index (χ1n) is 8.84. The fourth-order valence-corrected chi connectivity index (χ4v) is 3.78. The number of hydrogen-bond acceptors (Lipinski definition) is 6. The van der Waals surface area contributed by atoms with Gasteiger partial charge in [0.2, 0.25) is 11.8 Å². The van der Waals surface area contributed by atoms with E-state index < -0.39 is 17.9 Å². The third-order valence-corrected chi connectivity index (χ3v) is 5.19. The van der Waals surface area contributed by atoms with E-state index in [4.69, 9.17) is 14.2 Å². The van der Waals surface area contributed by atoms with E-state index in [1.165, 1.54) is 26.2 Å². The molecule has 0 N–H and O–H groups in total. The van der Waals surface area contributed by atoms with Crippen LogP contribution >= 0.6 is 0 Å². The maximum Gasteiger partial charge on any atom is 0.307 e. The van der Waals surface area contributed by atoms with Gasteiger partial charge in [-0.15, -0.1) is 0 Å². The largest absolute Gasteiger partial charge is 0.493 e. The van der Waals surface area contributed by atoms with Gasteiger partial charge in [0.1, 0.15) is 0 Å². The van der Waals surface area contributed by atoms with Crippen LogP contribution in [0.4, 0.5) is 0 Å². The second kappa shape index (κ2) is 7.82. The maximum atomic E-state index is 13.0. The molecule has 3 rings (SSSR count). The lowest BCUT2D eigenvalue weighted by atomic mass is 9.86. The SMILES string of the molecule is COC(=O)CC(c1ccc(OC)c(OC)c1)N1C(=O)[C@H]2C=CCC[C@H]2C1=O.